The second kappa shape index (κ2) is 7.41. The highest BCUT2D eigenvalue weighted by atomic mass is 16.7. The molecule has 1 aliphatic rings. The third-order valence-corrected chi connectivity index (χ3v) is 3.23. The molecule has 1 saturated carbocycles. The molecule has 1 atom stereocenters. The zero-order valence-corrected chi connectivity index (χ0v) is 11.7. The molecule has 1 aromatic carbocycles. The zero-order chi connectivity index (χ0) is 14.3. The summed E-state index contributed by atoms with van der Waals surface area (Å²) >= 11 is 0. The summed E-state index contributed by atoms with van der Waals surface area (Å²) in [6, 6.07) is 9.60. The van der Waals surface area contributed by atoms with E-state index in [0.29, 0.717) is 13.2 Å². The van der Waals surface area contributed by atoms with Gasteiger partial charge < -0.3 is 19.3 Å². The number of benzene rings is 1. The third kappa shape index (κ3) is 4.32. The SMILES string of the molecule is COCCOCOC1(C(O)C#Cc2ccccc2)CC1. The van der Waals surface area contributed by atoms with Crippen LogP contribution in [-0.4, -0.2) is 43.9 Å². The predicted octanol–water partition coefficient (Wildman–Crippen LogP) is 1.57. The van der Waals surface area contributed by atoms with Gasteiger partial charge in [-0.2, -0.15) is 0 Å². The summed E-state index contributed by atoms with van der Waals surface area (Å²) in [4.78, 5) is 0. The van der Waals surface area contributed by atoms with E-state index in [0.717, 1.165) is 18.4 Å². The fourth-order valence-corrected chi connectivity index (χ4v) is 1.78. The molecule has 20 heavy (non-hydrogen) atoms. The molecule has 0 amide bonds. The molecule has 0 radical (unpaired) electrons. The first-order valence-electron chi connectivity index (χ1n) is 6.72. The zero-order valence-electron chi connectivity index (χ0n) is 11.7. The van der Waals surface area contributed by atoms with Crippen molar-refractivity contribution in [3.63, 3.8) is 0 Å². The van der Waals surface area contributed by atoms with Crippen LogP contribution in [0.25, 0.3) is 0 Å². The van der Waals surface area contributed by atoms with Crippen LogP contribution < -0.4 is 0 Å². The van der Waals surface area contributed by atoms with E-state index >= 15 is 0 Å². The highest BCUT2D eigenvalue weighted by Crippen LogP contribution is 2.42. The fourth-order valence-electron chi connectivity index (χ4n) is 1.78. The minimum atomic E-state index is -0.784. The maximum absolute atomic E-state index is 10.1. The van der Waals surface area contributed by atoms with Crippen molar-refractivity contribution in [1.29, 1.82) is 0 Å². The van der Waals surface area contributed by atoms with Crippen LogP contribution in [0, 0.1) is 11.8 Å². The van der Waals surface area contributed by atoms with Crippen LogP contribution in [0.3, 0.4) is 0 Å². The van der Waals surface area contributed by atoms with Gasteiger partial charge in [0, 0.05) is 12.7 Å². The Labute approximate surface area is 119 Å². The maximum Gasteiger partial charge on any atom is 0.147 e. The molecule has 1 aliphatic carbocycles. The summed E-state index contributed by atoms with van der Waals surface area (Å²) in [5.74, 6) is 5.81. The molecule has 1 unspecified atom stereocenters. The number of ether oxygens (including phenoxy) is 3. The van der Waals surface area contributed by atoms with Crippen molar-refractivity contribution in [2.45, 2.75) is 24.5 Å². The topological polar surface area (TPSA) is 47.9 Å². The number of aliphatic hydroxyl groups is 1. The Hall–Kier alpha value is -1.38. The van der Waals surface area contributed by atoms with E-state index in [-0.39, 0.29) is 6.79 Å². The lowest BCUT2D eigenvalue weighted by atomic mass is 10.1. The summed E-state index contributed by atoms with van der Waals surface area (Å²) in [7, 11) is 1.62. The van der Waals surface area contributed by atoms with Crippen molar-refractivity contribution in [2.75, 3.05) is 27.1 Å². The van der Waals surface area contributed by atoms with Gasteiger partial charge in [-0.05, 0) is 25.0 Å². The van der Waals surface area contributed by atoms with Gasteiger partial charge in [-0.25, -0.2) is 0 Å². The van der Waals surface area contributed by atoms with Gasteiger partial charge in [0.15, 0.2) is 0 Å². The smallest absolute Gasteiger partial charge is 0.147 e. The lowest BCUT2D eigenvalue weighted by molar-refractivity contribution is -0.132. The first-order valence-corrected chi connectivity index (χ1v) is 6.72. The van der Waals surface area contributed by atoms with Gasteiger partial charge in [0.2, 0.25) is 0 Å². The maximum atomic E-state index is 10.1. The summed E-state index contributed by atoms with van der Waals surface area (Å²) in [5.41, 5.74) is 0.341. The van der Waals surface area contributed by atoms with Crippen molar-refractivity contribution in [1.82, 2.24) is 0 Å². The van der Waals surface area contributed by atoms with Crippen LogP contribution in [0.2, 0.25) is 0 Å². The molecular weight excluding hydrogens is 256 g/mol. The molecule has 1 aromatic rings. The number of methoxy groups -OCH3 is 1. The monoisotopic (exact) mass is 276 g/mol. The quantitative estimate of drug-likeness (QED) is 0.466. The molecule has 0 bridgehead atoms. The molecule has 2 rings (SSSR count). The van der Waals surface area contributed by atoms with Gasteiger partial charge in [0.1, 0.15) is 18.5 Å². The van der Waals surface area contributed by atoms with E-state index in [1.165, 1.54) is 0 Å². The van der Waals surface area contributed by atoms with Crippen molar-refractivity contribution in [3.05, 3.63) is 35.9 Å². The third-order valence-electron chi connectivity index (χ3n) is 3.23. The first kappa shape index (κ1) is 15.0. The van der Waals surface area contributed by atoms with Crippen molar-refractivity contribution < 1.29 is 19.3 Å². The minimum Gasteiger partial charge on any atom is -0.382 e. The average Bonchev–Trinajstić information content (AvgIpc) is 3.27. The molecular formula is C16H20O4. The van der Waals surface area contributed by atoms with Crippen LogP contribution in [0.5, 0.6) is 0 Å². The molecule has 4 heteroatoms. The number of hydrogen-bond acceptors (Lipinski definition) is 4. The average molecular weight is 276 g/mol. The molecule has 4 nitrogen and oxygen atoms in total. The Kier molecular flexibility index (Phi) is 5.57. The second-order valence-electron chi connectivity index (χ2n) is 4.77. The van der Waals surface area contributed by atoms with Crippen LogP contribution in [0.15, 0.2) is 30.3 Å². The number of hydrogen-bond donors (Lipinski definition) is 1. The van der Waals surface area contributed by atoms with Gasteiger partial charge in [0.25, 0.3) is 0 Å². The van der Waals surface area contributed by atoms with Crippen molar-refractivity contribution in [2.24, 2.45) is 0 Å². The summed E-state index contributed by atoms with van der Waals surface area (Å²) in [6.45, 7) is 1.18. The van der Waals surface area contributed by atoms with Gasteiger partial charge >= 0.3 is 0 Å². The summed E-state index contributed by atoms with van der Waals surface area (Å²) in [6.07, 6.45) is 0.838. The standard InChI is InChI=1S/C16H20O4/c1-18-11-12-19-13-20-16(9-10-16)15(17)8-7-14-5-3-2-4-6-14/h2-6,15,17H,9-13H2,1H3. The molecule has 0 aromatic heterocycles. The molecule has 0 heterocycles. The Morgan fingerprint density at radius 3 is 2.65 bits per heavy atom. The lowest BCUT2D eigenvalue weighted by Gasteiger charge is -2.18. The number of aliphatic hydroxyl groups excluding tert-OH is 1. The summed E-state index contributed by atoms with van der Waals surface area (Å²) in [5, 5.41) is 10.1. The Bertz CT molecular complexity index is 456. The van der Waals surface area contributed by atoms with E-state index in [1.807, 2.05) is 30.3 Å². The normalized spacial score (nSPS) is 17.1. The Balaban J connectivity index is 1.80. The predicted molar refractivity (Wildman–Crippen MR) is 75.1 cm³/mol. The molecule has 0 spiro atoms. The first-order chi connectivity index (χ1) is 9.77. The number of rotatable bonds is 7. The van der Waals surface area contributed by atoms with E-state index in [1.54, 1.807) is 7.11 Å². The van der Waals surface area contributed by atoms with Gasteiger partial charge in [0.05, 0.1) is 13.2 Å². The highest BCUT2D eigenvalue weighted by molar-refractivity contribution is 5.35. The lowest BCUT2D eigenvalue weighted by Crippen LogP contribution is -2.31. The van der Waals surface area contributed by atoms with Crippen LogP contribution >= 0.6 is 0 Å². The van der Waals surface area contributed by atoms with E-state index in [4.69, 9.17) is 14.2 Å². The van der Waals surface area contributed by atoms with Crippen molar-refractivity contribution >= 4 is 0 Å². The summed E-state index contributed by atoms with van der Waals surface area (Å²) < 4.78 is 15.7. The largest absolute Gasteiger partial charge is 0.382 e. The van der Waals surface area contributed by atoms with Crippen molar-refractivity contribution in [3.8, 4) is 11.8 Å². The van der Waals surface area contributed by atoms with Gasteiger partial charge in [-0.3, -0.25) is 0 Å². The minimum absolute atomic E-state index is 0.160. The van der Waals surface area contributed by atoms with Gasteiger partial charge in [-0.15, -0.1) is 0 Å². The molecule has 1 fully saturated rings. The van der Waals surface area contributed by atoms with E-state index in [2.05, 4.69) is 11.8 Å². The van der Waals surface area contributed by atoms with E-state index < -0.39 is 11.7 Å². The van der Waals surface area contributed by atoms with Gasteiger partial charge in [-0.1, -0.05) is 30.0 Å². The van der Waals surface area contributed by atoms with Crippen LogP contribution in [0.1, 0.15) is 18.4 Å². The fraction of sp³-hybridized carbons (Fsp3) is 0.500. The molecule has 0 saturated heterocycles. The molecule has 108 valence electrons. The highest BCUT2D eigenvalue weighted by Gasteiger charge is 2.50. The molecule has 1 N–H and O–H groups in total. The second-order valence-corrected chi connectivity index (χ2v) is 4.77. The Morgan fingerprint density at radius 2 is 2.00 bits per heavy atom. The van der Waals surface area contributed by atoms with Crippen LogP contribution in [-0.2, 0) is 14.2 Å². The van der Waals surface area contributed by atoms with E-state index in [9.17, 15) is 5.11 Å². The molecule has 0 aliphatic heterocycles. The Morgan fingerprint density at radius 1 is 1.25 bits per heavy atom. The van der Waals surface area contributed by atoms with Crippen LogP contribution in [0.4, 0.5) is 0 Å².